The lowest BCUT2D eigenvalue weighted by atomic mass is 9.89. The summed E-state index contributed by atoms with van der Waals surface area (Å²) in [6.07, 6.45) is 2.59. The third-order valence-electron chi connectivity index (χ3n) is 5.50. The Balaban J connectivity index is 1.43. The number of aromatic nitrogens is 2. The highest BCUT2D eigenvalue weighted by Gasteiger charge is 2.22. The lowest BCUT2D eigenvalue weighted by Gasteiger charge is -2.26. The molecule has 30 heavy (non-hydrogen) atoms. The fraction of sp³-hybridized carbons (Fsp3) is 0.417. The van der Waals surface area contributed by atoms with Crippen molar-refractivity contribution in [2.75, 3.05) is 12.4 Å². The molecule has 3 aromatic rings. The highest BCUT2D eigenvalue weighted by molar-refractivity contribution is 7.99. The van der Waals surface area contributed by atoms with Gasteiger partial charge in [0.15, 0.2) is 5.16 Å². The van der Waals surface area contributed by atoms with Crippen LogP contribution in [0.15, 0.2) is 58.5 Å². The van der Waals surface area contributed by atoms with Gasteiger partial charge >= 0.3 is 0 Å². The molecular formula is C24H28N2O3S. The van der Waals surface area contributed by atoms with Crippen molar-refractivity contribution in [3.05, 3.63) is 70.0 Å². The number of aliphatic hydroxyl groups is 1. The Hall–Kier alpha value is -2.15. The molecule has 1 N–H and O–H groups in total. The fourth-order valence-corrected chi connectivity index (χ4v) is 5.04. The summed E-state index contributed by atoms with van der Waals surface area (Å²) in [5.41, 5.74) is 3.24. The summed E-state index contributed by atoms with van der Waals surface area (Å²) in [6, 6.07) is 15.8. The van der Waals surface area contributed by atoms with Crippen molar-refractivity contribution in [3.8, 4) is 0 Å². The Morgan fingerprint density at radius 1 is 1.20 bits per heavy atom. The number of aryl methyl sites for hydroxylation is 1. The van der Waals surface area contributed by atoms with Crippen molar-refractivity contribution in [3.63, 3.8) is 0 Å². The molecule has 1 heterocycles. The van der Waals surface area contributed by atoms with Gasteiger partial charge in [-0.1, -0.05) is 48.2 Å². The number of hydrogen-bond acceptors (Lipinski definition) is 5. The minimum absolute atomic E-state index is 0.00996. The molecule has 1 aliphatic rings. The van der Waals surface area contributed by atoms with Gasteiger partial charge < -0.3 is 9.84 Å². The molecule has 0 saturated heterocycles. The zero-order valence-electron chi connectivity index (χ0n) is 17.5. The summed E-state index contributed by atoms with van der Waals surface area (Å²) < 4.78 is 7.79. The van der Waals surface area contributed by atoms with Crippen LogP contribution in [0, 0.1) is 0 Å². The van der Waals surface area contributed by atoms with Crippen LogP contribution in [0.4, 0.5) is 0 Å². The molecule has 2 aromatic carbocycles. The lowest BCUT2D eigenvalue weighted by molar-refractivity contribution is -0.00961. The molecule has 5 nitrogen and oxygen atoms in total. The predicted molar refractivity (Wildman–Crippen MR) is 121 cm³/mol. The molecule has 4 rings (SSSR count). The number of ether oxygens (including phenoxy) is 1. The van der Waals surface area contributed by atoms with Gasteiger partial charge in [-0.05, 0) is 56.4 Å². The van der Waals surface area contributed by atoms with Crippen molar-refractivity contribution in [1.29, 1.82) is 0 Å². The van der Waals surface area contributed by atoms with Crippen LogP contribution in [-0.4, -0.2) is 33.1 Å². The summed E-state index contributed by atoms with van der Waals surface area (Å²) in [6.45, 7) is 4.22. The van der Waals surface area contributed by atoms with E-state index in [1.165, 1.54) is 22.9 Å². The van der Waals surface area contributed by atoms with Gasteiger partial charge in [-0.25, -0.2) is 4.98 Å². The maximum Gasteiger partial charge on any atom is 0.262 e. The molecule has 0 spiro atoms. The number of benzene rings is 2. The second-order valence-corrected chi connectivity index (χ2v) is 9.05. The molecule has 158 valence electrons. The molecule has 2 atom stereocenters. The van der Waals surface area contributed by atoms with Gasteiger partial charge in [0.05, 0.1) is 29.7 Å². The first-order chi connectivity index (χ1) is 14.5. The average molecular weight is 425 g/mol. The first-order valence-corrected chi connectivity index (χ1v) is 11.5. The largest absolute Gasteiger partial charge is 0.390 e. The third-order valence-corrected chi connectivity index (χ3v) is 6.60. The molecule has 0 amide bonds. The van der Waals surface area contributed by atoms with E-state index in [4.69, 9.17) is 4.74 Å². The summed E-state index contributed by atoms with van der Waals surface area (Å²) >= 11 is 1.41. The van der Waals surface area contributed by atoms with E-state index in [-0.39, 0.29) is 24.3 Å². The normalized spacial score (nSPS) is 17.3. The van der Waals surface area contributed by atoms with E-state index in [9.17, 15) is 9.90 Å². The summed E-state index contributed by atoms with van der Waals surface area (Å²) in [5, 5.41) is 11.8. The molecular weight excluding hydrogens is 396 g/mol. The molecule has 0 saturated carbocycles. The Morgan fingerprint density at radius 3 is 2.80 bits per heavy atom. The van der Waals surface area contributed by atoms with E-state index < -0.39 is 6.10 Å². The second kappa shape index (κ2) is 9.33. The Labute approximate surface area is 181 Å². The minimum Gasteiger partial charge on any atom is -0.390 e. The zero-order chi connectivity index (χ0) is 21.1. The SMILES string of the molecule is CC(C)n1c(SC[C@@H](O)CO[C@@H]2CCCc3ccccc32)nc2ccccc2c1=O. The van der Waals surface area contributed by atoms with E-state index >= 15 is 0 Å². The molecule has 0 radical (unpaired) electrons. The monoisotopic (exact) mass is 424 g/mol. The first kappa shape index (κ1) is 21.1. The van der Waals surface area contributed by atoms with Crippen molar-refractivity contribution in [2.24, 2.45) is 0 Å². The van der Waals surface area contributed by atoms with Crippen molar-refractivity contribution >= 4 is 22.7 Å². The van der Waals surface area contributed by atoms with E-state index in [0.29, 0.717) is 21.8 Å². The zero-order valence-corrected chi connectivity index (χ0v) is 18.3. The first-order valence-electron chi connectivity index (χ1n) is 10.6. The molecule has 0 bridgehead atoms. The number of para-hydroxylation sites is 1. The minimum atomic E-state index is -0.631. The maximum absolute atomic E-state index is 12.9. The van der Waals surface area contributed by atoms with Crippen LogP contribution in [0.25, 0.3) is 10.9 Å². The molecule has 0 aliphatic heterocycles. The van der Waals surface area contributed by atoms with Crippen LogP contribution in [0.5, 0.6) is 0 Å². The van der Waals surface area contributed by atoms with E-state index in [1.54, 1.807) is 4.57 Å². The van der Waals surface area contributed by atoms with Crippen LogP contribution >= 0.6 is 11.8 Å². The smallest absolute Gasteiger partial charge is 0.262 e. The highest BCUT2D eigenvalue weighted by Crippen LogP contribution is 2.32. The van der Waals surface area contributed by atoms with Crippen LogP contribution in [0.3, 0.4) is 0 Å². The molecule has 1 aliphatic carbocycles. The van der Waals surface area contributed by atoms with Crippen molar-refractivity contribution in [1.82, 2.24) is 9.55 Å². The number of nitrogens with zero attached hydrogens (tertiary/aromatic N) is 2. The number of hydrogen-bond donors (Lipinski definition) is 1. The number of rotatable bonds is 7. The van der Waals surface area contributed by atoms with E-state index in [0.717, 1.165) is 19.3 Å². The number of thioether (sulfide) groups is 1. The van der Waals surface area contributed by atoms with Crippen LogP contribution in [0.2, 0.25) is 0 Å². The lowest BCUT2D eigenvalue weighted by Crippen LogP contribution is -2.26. The van der Waals surface area contributed by atoms with Crippen LogP contribution in [-0.2, 0) is 11.2 Å². The number of aliphatic hydroxyl groups excluding tert-OH is 1. The second-order valence-electron chi connectivity index (χ2n) is 8.06. The van der Waals surface area contributed by atoms with Gasteiger partial charge in [0, 0.05) is 11.8 Å². The fourth-order valence-electron chi connectivity index (χ4n) is 4.01. The van der Waals surface area contributed by atoms with Crippen LogP contribution < -0.4 is 5.56 Å². The van der Waals surface area contributed by atoms with E-state index in [2.05, 4.69) is 23.2 Å². The highest BCUT2D eigenvalue weighted by atomic mass is 32.2. The van der Waals surface area contributed by atoms with Crippen LogP contribution in [0.1, 0.15) is 50.0 Å². The third kappa shape index (κ3) is 4.46. The van der Waals surface area contributed by atoms with Gasteiger partial charge in [0.1, 0.15) is 0 Å². The molecule has 0 unspecified atom stereocenters. The van der Waals surface area contributed by atoms with Crippen molar-refractivity contribution in [2.45, 2.75) is 56.5 Å². The summed E-state index contributed by atoms with van der Waals surface area (Å²) in [4.78, 5) is 17.6. The quantitative estimate of drug-likeness (QED) is 0.446. The standard InChI is InChI=1S/C24H28N2O3S/c1-16(2)26-23(28)20-11-5-6-12-21(20)25-24(26)30-15-18(27)14-29-22-13-7-9-17-8-3-4-10-19(17)22/h3-6,8,10-12,16,18,22,27H,7,9,13-15H2,1-2H3/t18-,22+/m0/s1. The summed E-state index contributed by atoms with van der Waals surface area (Å²) in [5.74, 6) is 0.422. The van der Waals surface area contributed by atoms with Gasteiger partial charge in [0.2, 0.25) is 0 Å². The predicted octanol–water partition coefficient (Wildman–Crippen LogP) is 4.52. The van der Waals surface area contributed by atoms with Gasteiger partial charge in [-0.3, -0.25) is 9.36 Å². The Bertz CT molecular complexity index is 1080. The van der Waals surface area contributed by atoms with Gasteiger partial charge in [0.25, 0.3) is 5.56 Å². The average Bonchev–Trinajstić information content (AvgIpc) is 2.76. The maximum atomic E-state index is 12.9. The topological polar surface area (TPSA) is 64.3 Å². The number of fused-ring (bicyclic) bond motifs is 2. The molecule has 1 aromatic heterocycles. The molecule has 0 fully saturated rings. The van der Waals surface area contributed by atoms with E-state index in [1.807, 2.05) is 44.2 Å². The van der Waals surface area contributed by atoms with Gasteiger partial charge in [-0.15, -0.1) is 0 Å². The van der Waals surface area contributed by atoms with Crippen molar-refractivity contribution < 1.29 is 9.84 Å². The summed E-state index contributed by atoms with van der Waals surface area (Å²) in [7, 11) is 0. The Morgan fingerprint density at radius 2 is 1.97 bits per heavy atom. The van der Waals surface area contributed by atoms with Gasteiger partial charge in [-0.2, -0.15) is 0 Å². The molecule has 6 heteroatoms. The Kier molecular flexibility index (Phi) is 6.56.